The maximum absolute atomic E-state index is 11.4. The van der Waals surface area contributed by atoms with E-state index in [2.05, 4.69) is 44.2 Å². The Morgan fingerprint density at radius 3 is 2.67 bits per heavy atom. The Hall–Kier alpha value is -2.20. The molecule has 0 aromatic carbocycles. The third-order valence-electron chi connectivity index (χ3n) is 5.32. The maximum Gasteiger partial charge on any atom is 0.404 e. The van der Waals surface area contributed by atoms with Crippen molar-refractivity contribution in [2.24, 2.45) is 0 Å². The van der Waals surface area contributed by atoms with Crippen molar-refractivity contribution in [1.82, 2.24) is 10.3 Å². The van der Waals surface area contributed by atoms with Gasteiger partial charge in [-0.05, 0) is 30.6 Å². The number of hydrogen-bond acceptors (Lipinski definition) is 6. The van der Waals surface area contributed by atoms with Crippen LogP contribution in [0.3, 0.4) is 0 Å². The van der Waals surface area contributed by atoms with Crippen LogP contribution in [0.15, 0.2) is 18.5 Å². The van der Waals surface area contributed by atoms with Crippen LogP contribution in [-0.4, -0.2) is 54.7 Å². The molecule has 2 N–H and O–H groups in total. The van der Waals surface area contributed by atoms with Gasteiger partial charge in [-0.1, -0.05) is 20.8 Å². The number of nitrogens with one attached hydrogen (secondary N) is 1. The minimum absolute atomic E-state index is 0.00760. The van der Waals surface area contributed by atoms with Crippen molar-refractivity contribution in [3.05, 3.63) is 28.6 Å². The molecule has 9 nitrogen and oxygen atoms in total. The van der Waals surface area contributed by atoms with Crippen LogP contribution < -0.4 is 10.2 Å². The molecule has 0 unspecified atom stereocenters. The average Bonchev–Trinajstić information content (AvgIpc) is 2.52. The summed E-state index contributed by atoms with van der Waals surface area (Å²) >= 11 is 0. The van der Waals surface area contributed by atoms with Crippen molar-refractivity contribution in [1.29, 1.82) is 0 Å². The first-order chi connectivity index (χ1) is 12.4. The molecular weight excluding hydrogens is 368 g/mol. The van der Waals surface area contributed by atoms with E-state index in [0.29, 0.717) is 25.2 Å². The van der Waals surface area contributed by atoms with E-state index in [1.165, 1.54) is 12.4 Å². The van der Waals surface area contributed by atoms with Crippen LogP contribution in [0.25, 0.3) is 0 Å². The summed E-state index contributed by atoms with van der Waals surface area (Å²) in [5, 5.41) is 23.0. The summed E-state index contributed by atoms with van der Waals surface area (Å²) in [7, 11) is -2.08. The number of amides is 1. The summed E-state index contributed by atoms with van der Waals surface area (Å²) in [5.74, 6) is 0. The molecule has 10 heteroatoms. The van der Waals surface area contributed by atoms with E-state index in [-0.39, 0.29) is 22.9 Å². The fraction of sp³-hybridized carbons (Fsp3) is 0.647. The van der Waals surface area contributed by atoms with Crippen molar-refractivity contribution in [3.63, 3.8) is 0 Å². The predicted octanol–water partition coefficient (Wildman–Crippen LogP) is 3.23. The molecule has 0 saturated carbocycles. The molecule has 0 spiro atoms. The molecule has 0 aliphatic carbocycles. The van der Waals surface area contributed by atoms with Gasteiger partial charge in [0.05, 0.1) is 17.1 Å². The van der Waals surface area contributed by atoms with E-state index in [4.69, 9.17) is 9.53 Å². The second kappa shape index (κ2) is 7.81. The van der Waals surface area contributed by atoms with Gasteiger partial charge in [-0.25, -0.2) is 4.79 Å². The van der Waals surface area contributed by atoms with Gasteiger partial charge in [0, 0.05) is 19.3 Å². The van der Waals surface area contributed by atoms with Crippen LogP contribution in [0.1, 0.15) is 27.2 Å². The van der Waals surface area contributed by atoms with Crippen molar-refractivity contribution >= 4 is 25.8 Å². The summed E-state index contributed by atoms with van der Waals surface area (Å²) in [6.45, 7) is 11.5. The first kappa shape index (κ1) is 21.1. The standard InChI is InChI=1S/C17H28N4O5Si/c1-17(2,3)27(4,5)26-13-8-12(19-16(22)23)10-20(11-13)14-6-7-18-9-15(14)21(24)25/h6-7,9,12-13,19H,8,10-11H2,1-5H3,(H,22,23)/t12-,13+/m0/s1. The molecule has 1 aromatic heterocycles. The van der Waals surface area contributed by atoms with E-state index in [1.54, 1.807) is 6.07 Å². The summed E-state index contributed by atoms with van der Waals surface area (Å²) in [6.07, 6.45) is 1.92. The molecule has 2 atom stereocenters. The lowest BCUT2D eigenvalue weighted by Gasteiger charge is -2.44. The third kappa shape index (κ3) is 5.16. The Kier molecular flexibility index (Phi) is 6.10. The Balaban J connectivity index is 2.30. The molecule has 1 aliphatic rings. The van der Waals surface area contributed by atoms with E-state index in [0.717, 1.165) is 0 Å². The van der Waals surface area contributed by atoms with Gasteiger partial charge in [-0.3, -0.25) is 15.1 Å². The number of anilines is 1. The highest BCUT2D eigenvalue weighted by atomic mass is 28.4. The fourth-order valence-corrected chi connectivity index (χ4v) is 4.35. The number of nitrogens with zero attached hydrogens (tertiary/aromatic N) is 3. The topological polar surface area (TPSA) is 118 Å². The lowest BCUT2D eigenvalue weighted by molar-refractivity contribution is -0.384. The number of aromatic nitrogens is 1. The number of pyridine rings is 1. The molecule has 1 aromatic rings. The van der Waals surface area contributed by atoms with Gasteiger partial charge in [-0.15, -0.1) is 0 Å². The lowest BCUT2D eigenvalue weighted by Crippen LogP contribution is -2.56. The van der Waals surface area contributed by atoms with Crippen LogP contribution in [0.5, 0.6) is 0 Å². The normalized spacial score (nSPS) is 21.0. The van der Waals surface area contributed by atoms with Gasteiger partial charge >= 0.3 is 11.8 Å². The van der Waals surface area contributed by atoms with Crippen molar-refractivity contribution in [2.75, 3.05) is 18.0 Å². The number of piperidine rings is 1. The van der Waals surface area contributed by atoms with Gasteiger partial charge in [-0.2, -0.15) is 0 Å². The molecule has 0 radical (unpaired) electrons. The van der Waals surface area contributed by atoms with Crippen LogP contribution in [0, 0.1) is 10.1 Å². The minimum atomic E-state index is -2.08. The zero-order valence-electron chi connectivity index (χ0n) is 16.4. The summed E-state index contributed by atoms with van der Waals surface area (Å²) in [4.78, 5) is 27.7. The summed E-state index contributed by atoms with van der Waals surface area (Å²) < 4.78 is 6.49. The second-order valence-corrected chi connectivity index (χ2v) is 13.2. The van der Waals surface area contributed by atoms with E-state index in [1.807, 2.05) is 4.90 Å². The molecule has 2 rings (SSSR count). The maximum atomic E-state index is 11.4. The summed E-state index contributed by atoms with van der Waals surface area (Å²) in [6, 6.07) is 1.21. The predicted molar refractivity (Wildman–Crippen MR) is 105 cm³/mol. The first-order valence-corrected chi connectivity index (χ1v) is 11.8. The Morgan fingerprint density at radius 2 is 2.11 bits per heavy atom. The number of carboxylic acid groups (broad SMARTS) is 1. The van der Waals surface area contributed by atoms with Gasteiger partial charge in [0.25, 0.3) is 0 Å². The van der Waals surface area contributed by atoms with E-state index >= 15 is 0 Å². The Labute approximate surface area is 160 Å². The minimum Gasteiger partial charge on any atom is -0.465 e. The molecule has 0 bridgehead atoms. The smallest absolute Gasteiger partial charge is 0.404 e. The molecule has 1 aliphatic heterocycles. The van der Waals surface area contributed by atoms with Crippen LogP contribution >= 0.6 is 0 Å². The largest absolute Gasteiger partial charge is 0.465 e. The van der Waals surface area contributed by atoms with Gasteiger partial charge in [0.1, 0.15) is 11.9 Å². The number of hydrogen-bond donors (Lipinski definition) is 2. The molecule has 150 valence electrons. The Morgan fingerprint density at radius 1 is 1.44 bits per heavy atom. The van der Waals surface area contributed by atoms with Gasteiger partial charge in [0.15, 0.2) is 8.32 Å². The molecule has 1 amide bonds. The SMILES string of the molecule is CC(C)(C)[Si](C)(C)O[C@@H]1C[C@H](NC(=O)O)CN(c2ccncc2[N+](=O)[O-])C1. The monoisotopic (exact) mass is 396 g/mol. The third-order valence-corrected chi connectivity index (χ3v) is 9.86. The number of rotatable bonds is 5. The lowest BCUT2D eigenvalue weighted by atomic mass is 10.0. The van der Waals surface area contributed by atoms with E-state index < -0.39 is 19.3 Å². The molecule has 1 fully saturated rings. The molecule has 1 saturated heterocycles. The first-order valence-electron chi connectivity index (χ1n) is 8.91. The van der Waals surface area contributed by atoms with Crippen LogP contribution in [0.4, 0.5) is 16.2 Å². The van der Waals surface area contributed by atoms with Gasteiger partial charge < -0.3 is 19.7 Å². The Bertz CT molecular complexity index is 707. The highest BCUT2D eigenvalue weighted by molar-refractivity contribution is 6.74. The number of carbonyl (C=O) groups is 1. The number of nitro groups is 1. The molecular formula is C17H28N4O5Si. The molecule has 2 heterocycles. The second-order valence-electron chi connectivity index (χ2n) is 8.41. The summed E-state index contributed by atoms with van der Waals surface area (Å²) in [5.41, 5.74) is 0.329. The zero-order valence-corrected chi connectivity index (χ0v) is 17.4. The van der Waals surface area contributed by atoms with Gasteiger partial charge in [0.2, 0.25) is 0 Å². The van der Waals surface area contributed by atoms with Crippen molar-refractivity contribution < 1.29 is 19.3 Å². The average molecular weight is 397 g/mol. The van der Waals surface area contributed by atoms with Crippen LogP contribution in [-0.2, 0) is 4.43 Å². The quantitative estimate of drug-likeness (QED) is 0.445. The van der Waals surface area contributed by atoms with E-state index in [9.17, 15) is 14.9 Å². The fourth-order valence-electron chi connectivity index (χ4n) is 2.99. The highest BCUT2D eigenvalue weighted by Crippen LogP contribution is 2.39. The van der Waals surface area contributed by atoms with Crippen molar-refractivity contribution in [3.8, 4) is 0 Å². The van der Waals surface area contributed by atoms with Crippen molar-refractivity contribution in [2.45, 2.75) is 57.5 Å². The highest BCUT2D eigenvalue weighted by Gasteiger charge is 2.41. The zero-order chi connectivity index (χ0) is 20.4. The van der Waals surface area contributed by atoms with Crippen LogP contribution in [0.2, 0.25) is 18.1 Å². The molecule has 27 heavy (non-hydrogen) atoms.